The van der Waals surface area contributed by atoms with Gasteiger partial charge in [0.15, 0.2) is 5.69 Å². The highest BCUT2D eigenvalue weighted by Gasteiger charge is 2.33. The Morgan fingerprint density at radius 3 is 2.67 bits per heavy atom. The number of benzene rings is 1. The fourth-order valence-electron chi connectivity index (χ4n) is 1.85. The number of carbonyl (C=O) groups excluding carboxylic acids is 2. The predicted molar refractivity (Wildman–Crippen MR) is 76.1 cm³/mol. The monoisotopic (exact) mass is 342 g/mol. The van der Waals surface area contributed by atoms with Crippen LogP contribution in [0, 0.1) is 0 Å². The van der Waals surface area contributed by atoms with Crippen molar-refractivity contribution in [1.82, 2.24) is 15.0 Å². The number of para-hydroxylation sites is 1. The zero-order valence-corrected chi connectivity index (χ0v) is 12.5. The number of amides is 1. The third-order valence-electron chi connectivity index (χ3n) is 2.84. The van der Waals surface area contributed by atoms with Gasteiger partial charge >= 0.3 is 12.1 Å². The molecule has 0 aliphatic carbocycles. The van der Waals surface area contributed by atoms with E-state index in [0.29, 0.717) is 0 Å². The highest BCUT2D eigenvalue weighted by Crippen LogP contribution is 2.34. The van der Waals surface area contributed by atoms with Crippen LogP contribution < -0.4 is 5.32 Å². The maximum Gasteiger partial charge on any atom is 0.418 e. The smallest absolute Gasteiger partial charge is 0.418 e. The normalized spacial score (nSPS) is 11.2. The summed E-state index contributed by atoms with van der Waals surface area (Å²) in [5.74, 6) is -1.45. The third-order valence-corrected chi connectivity index (χ3v) is 2.84. The molecular weight excluding hydrogens is 329 g/mol. The van der Waals surface area contributed by atoms with Crippen LogP contribution in [0.2, 0.25) is 0 Å². The van der Waals surface area contributed by atoms with Crippen LogP contribution in [-0.4, -0.2) is 33.5 Å². The number of nitrogens with one attached hydrogen (secondary N) is 1. The van der Waals surface area contributed by atoms with Crippen molar-refractivity contribution in [2.24, 2.45) is 0 Å². The zero-order valence-electron chi connectivity index (χ0n) is 12.5. The summed E-state index contributed by atoms with van der Waals surface area (Å²) in [5.41, 5.74) is -1.41. The van der Waals surface area contributed by atoms with Gasteiger partial charge in [-0.1, -0.05) is 17.3 Å². The average molecular weight is 342 g/mol. The maximum absolute atomic E-state index is 12.9. The van der Waals surface area contributed by atoms with Gasteiger partial charge < -0.3 is 10.1 Å². The maximum atomic E-state index is 12.9. The van der Waals surface area contributed by atoms with E-state index in [4.69, 9.17) is 4.74 Å². The lowest BCUT2D eigenvalue weighted by atomic mass is 10.1. The molecule has 10 heteroatoms. The summed E-state index contributed by atoms with van der Waals surface area (Å²) in [5, 5.41) is 9.25. The Labute approximate surface area is 134 Å². The number of rotatable bonds is 5. The van der Waals surface area contributed by atoms with Crippen LogP contribution in [0.5, 0.6) is 0 Å². The van der Waals surface area contributed by atoms with E-state index in [9.17, 15) is 22.8 Å². The number of carbonyl (C=O) groups is 2. The van der Waals surface area contributed by atoms with Crippen molar-refractivity contribution in [2.75, 3.05) is 11.9 Å². The first-order valence-electron chi connectivity index (χ1n) is 6.84. The summed E-state index contributed by atoms with van der Waals surface area (Å²) >= 11 is 0. The first-order chi connectivity index (χ1) is 11.3. The standard InChI is InChI=1S/C14H13F3N4O3/c1-2-24-13(23)11-7-21(20-19-11)8-12(22)18-10-6-4-3-5-9(10)14(15,16)17/h3-7H,2,8H2,1H3,(H,18,22). The lowest BCUT2D eigenvalue weighted by Crippen LogP contribution is -2.21. The molecule has 0 radical (unpaired) electrons. The minimum absolute atomic E-state index is 0.0969. The van der Waals surface area contributed by atoms with Crippen LogP contribution in [-0.2, 0) is 22.3 Å². The molecule has 0 atom stereocenters. The second kappa shape index (κ2) is 7.11. The van der Waals surface area contributed by atoms with Crippen LogP contribution >= 0.6 is 0 Å². The Morgan fingerprint density at radius 2 is 2.00 bits per heavy atom. The predicted octanol–water partition coefficient (Wildman–Crippen LogP) is 2.11. The largest absolute Gasteiger partial charge is 0.461 e. The number of hydrogen-bond acceptors (Lipinski definition) is 5. The van der Waals surface area contributed by atoms with Crippen molar-refractivity contribution in [3.05, 3.63) is 41.7 Å². The number of esters is 1. The summed E-state index contributed by atoms with van der Waals surface area (Å²) in [6.45, 7) is 1.37. The topological polar surface area (TPSA) is 86.1 Å². The van der Waals surface area contributed by atoms with E-state index in [-0.39, 0.29) is 18.0 Å². The molecule has 24 heavy (non-hydrogen) atoms. The van der Waals surface area contributed by atoms with E-state index >= 15 is 0 Å². The SMILES string of the molecule is CCOC(=O)c1cn(CC(=O)Nc2ccccc2C(F)(F)F)nn1. The molecule has 0 aliphatic rings. The molecule has 2 aromatic rings. The van der Waals surface area contributed by atoms with Crippen molar-refractivity contribution in [3.8, 4) is 0 Å². The summed E-state index contributed by atoms with van der Waals surface area (Å²) in [6.07, 6.45) is -3.42. The molecule has 1 amide bonds. The van der Waals surface area contributed by atoms with Crippen molar-refractivity contribution in [3.63, 3.8) is 0 Å². The third kappa shape index (κ3) is 4.31. The molecule has 1 N–H and O–H groups in total. The van der Waals surface area contributed by atoms with E-state index in [0.717, 1.165) is 16.8 Å². The Hall–Kier alpha value is -2.91. The zero-order chi connectivity index (χ0) is 17.7. The van der Waals surface area contributed by atoms with Gasteiger partial charge in [-0.15, -0.1) is 5.10 Å². The highest BCUT2D eigenvalue weighted by atomic mass is 19.4. The number of halogens is 3. The highest BCUT2D eigenvalue weighted by molar-refractivity contribution is 5.91. The molecule has 128 valence electrons. The van der Waals surface area contributed by atoms with E-state index in [1.807, 2.05) is 0 Å². The van der Waals surface area contributed by atoms with Gasteiger partial charge in [-0.2, -0.15) is 13.2 Å². The quantitative estimate of drug-likeness (QED) is 0.841. The fourth-order valence-corrected chi connectivity index (χ4v) is 1.85. The fraction of sp³-hybridized carbons (Fsp3) is 0.286. The van der Waals surface area contributed by atoms with Crippen LogP contribution in [0.3, 0.4) is 0 Å². The molecule has 0 fully saturated rings. The van der Waals surface area contributed by atoms with Crippen molar-refractivity contribution >= 4 is 17.6 Å². The van der Waals surface area contributed by atoms with Gasteiger partial charge in [-0.05, 0) is 19.1 Å². The van der Waals surface area contributed by atoms with Crippen molar-refractivity contribution in [2.45, 2.75) is 19.6 Å². The first-order valence-corrected chi connectivity index (χ1v) is 6.84. The van der Waals surface area contributed by atoms with Crippen molar-refractivity contribution < 1.29 is 27.5 Å². The molecule has 1 heterocycles. The summed E-state index contributed by atoms with van der Waals surface area (Å²) in [7, 11) is 0. The second-order valence-corrected chi connectivity index (χ2v) is 4.61. The number of alkyl halides is 3. The van der Waals surface area contributed by atoms with Gasteiger partial charge in [0, 0.05) is 0 Å². The average Bonchev–Trinajstić information content (AvgIpc) is 2.95. The molecule has 0 spiro atoms. The minimum atomic E-state index is -4.59. The van der Waals surface area contributed by atoms with Gasteiger partial charge in [0.2, 0.25) is 5.91 Å². The number of aromatic nitrogens is 3. The van der Waals surface area contributed by atoms with Gasteiger partial charge in [-0.25, -0.2) is 9.48 Å². The van der Waals surface area contributed by atoms with Gasteiger partial charge in [0.1, 0.15) is 6.54 Å². The Kier molecular flexibility index (Phi) is 5.17. The first kappa shape index (κ1) is 17.4. The van der Waals surface area contributed by atoms with E-state index in [1.54, 1.807) is 6.92 Å². The Morgan fingerprint density at radius 1 is 1.29 bits per heavy atom. The molecule has 7 nitrogen and oxygen atoms in total. The van der Waals surface area contributed by atoms with Crippen LogP contribution in [0.4, 0.5) is 18.9 Å². The molecule has 0 saturated heterocycles. The van der Waals surface area contributed by atoms with Crippen molar-refractivity contribution in [1.29, 1.82) is 0 Å². The van der Waals surface area contributed by atoms with Crippen LogP contribution in [0.1, 0.15) is 23.0 Å². The van der Waals surface area contributed by atoms with E-state index in [1.165, 1.54) is 18.3 Å². The summed E-state index contributed by atoms with van der Waals surface area (Å²) in [4.78, 5) is 23.3. The molecule has 0 aliphatic heterocycles. The second-order valence-electron chi connectivity index (χ2n) is 4.61. The lowest BCUT2D eigenvalue weighted by Gasteiger charge is -2.13. The summed E-state index contributed by atoms with van der Waals surface area (Å²) < 4.78 is 44.3. The number of anilines is 1. The van der Waals surface area contributed by atoms with Crippen LogP contribution in [0.25, 0.3) is 0 Å². The molecule has 1 aromatic carbocycles. The molecule has 0 unspecified atom stereocenters. The number of hydrogen-bond donors (Lipinski definition) is 1. The molecule has 1 aromatic heterocycles. The molecule has 2 rings (SSSR count). The minimum Gasteiger partial charge on any atom is -0.461 e. The van der Waals surface area contributed by atoms with Gasteiger partial charge in [-0.3, -0.25) is 4.79 Å². The Balaban J connectivity index is 2.06. The summed E-state index contributed by atoms with van der Waals surface area (Å²) in [6, 6.07) is 4.61. The number of nitrogens with zero attached hydrogens (tertiary/aromatic N) is 3. The molecule has 0 bridgehead atoms. The Bertz CT molecular complexity index is 743. The van der Waals surface area contributed by atoms with Crippen LogP contribution in [0.15, 0.2) is 30.5 Å². The molecular formula is C14H13F3N4O3. The van der Waals surface area contributed by atoms with E-state index in [2.05, 4.69) is 15.6 Å². The van der Waals surface area contributed by atoms with Gasteiger partial charge in [0.25, 0.3) is 0 Å². The van der Waals surface area contributed by atoms with E-state index < -0.39 is 30.2 Å². The molecule has 0 saturated carbocycles. The van der Waals surface area contributed by atoms with Gasteiger partial charge in [0.05, 0.1) is 24.1 Å². The number of ether oxygens (including phenoxy) is 1. The lowest BCUT2D eigenvalue weighted by molar-refractivity contribution is -0.137.